The van der Waals surface area contributed by atoms with Crippen LogP contribution in [0.4, 0.5) is 0 Å². The zero-order valence-electron chi connectivity index (χ0n) is 15.7. The lowest BCUT2D eigenvalue weighted by Crippen LogP contribution is -2.07. The van der Waals surface area contributed by atoms with E-state index in [2.05, 4.69) is 0 Å². The van der Waals surface area contributed by atoms with Crippen molar-refractivity contribution < 1.29 is 23.8 Å². The van der Waals surface area contributed by atoms with Gasteiger partial charge in [-0.25, -0.2) is 0 Å². The highest BCUT2D eigenvalue weighted by atomic mass is 16.5. The van der Waals surface area contributed by atoms with Crippen LogP contribution in [0.2, 0.25) is 0 Å². The standard InChI is InChI=1S/C22H26O5/c1-2-15-25-21(23)13-6-7-14-22(24)26-17-18-9-8-12-20(16-18)27-19-10-4-3-5-11-19/h3-5,8-12,16H,2,6-7,13-15,17H2,1H3. The molecule has 0 heterocycles. The fourth-order valence-electron chi connectivity index (χ4n) is 2.39. The quantitative estimate of drug-likeness (QED) is 0.410. The summed E-state index contributed by atoms with van der Waals surface area (Å²) in [6.07, 6.45) is 2.68. The molecule has 5 nitrogen and oxygen atoms in total. The van der Waals surface area contributed by atoms with E-state index in [1.807, 2.05) is 61.5 Å². The second kappa shape index (κ2) is 11.7. The second-order valence-corrected chi connectivity index (χ2v) is 6.15. The highest BCUT2D eigenvalue weighted by molar-refractivity contribution is 5.70. The van der Waals surface area contributed by atoms with Crippen LogP contribution in [0.3, 0.4) is 0 Å². The van der Waals surface area contributed by atoms with E-state index in [1.54, 1.807) is 0 Å². The average molecular weight is 370 g/mol. The van der Waals surface area contributed by atoms with Crippen LogP contribution >= 0.6 is 0 Å². The highest BCUT2D eigenvalue weighted by Crippen LogP contribution is 2.22. The number of hydrogen-bond donors (Lipinski definition) is 0. The minimum absolute atomic E-state index is 0.198. The predicted molar refractivity (Wildman–Crippen MR) is 102 cm³/mol. The van der Waals surface area contributed by atoms with E-state index in [0.717, 1.165) is 17.7 Å². The topological polar surface area (TPSA) is 61.8 Å². The zero-order chi connectivity index (χ0) is 19.3. The highest BCUT2D eigenvalue weighted by Gasteiger charge is 2.07. The molecule has 0 unspecified atom stereocenters. The van der Waals surface area contributed by atoms with Crippen molar-refractivity contribution in [2.75, 3.05) is 6.61 Å². The summed E-state index contributed by atoms with van der Waals surface area (Å²) in [5.74, 6) is 0.969. The molecule has 0 aliphatic carbocycles. The molecule has 2 rings (SSSR count). The number of hydrogen-bond acceptors (Lipinski definition) is 5. The molecule has 0 aliphatic rings. The first-order chi connectivity index (χ1) is 13.2. The Labute approximate surface area is 160 Å². The van der Waals surface area contributed by atoms with Gasteiger partial charge in [0, 0.05) is 12.8 Å². The number of benzene rings is 2. The molecule has 0 radical (unpaired) electrons. The van der Waals surface area contributed by atoms with Crippen LogP contribution in [0.1, 0.15) is 44.6 Å². The van der Waals surface area contributed by atoms with Gasteiger partial charge in [-0.3, -0.25) is 9.59 Å². The molecule has 5 heteroatoms. The third kappa shape index (κ3) is 8.40. The van der Waals surface area contributed by atoms with E-state index < -0.39 is 0 Å². The summed E-state index contributed by atoms with van der Waals surface area (Å²) in [4.78, 5) is 23.2. The molecular weight excluding hydrogens is 344 g/mol. The van der Waals surface area contributed by atoms with Crippen molar-refractivity contribution in [1.29, 1.82) is 0 Å². The normalized spacial score (nSPS) is 10.3. The number of unbranched alkanes of at least 4 members (excludes halogenated alkanes) is 1. The Morgan fingerprint density at radius 2 is 1.48 bits per heavy atom. The summed E-state index contributed by atoms with van der Waals surface area (Å²) in [6, 6.07) is 17.0. The van der Waals surface area contributed by atoms with E-state index in [0.29, 0.717) is 38.0 Å². The first kappa shape index (κ1) is 20.5. The molecule has 2 aromatic rings. The van der Waals surface area contributed by atoms with Crippen LogP contribution in [0.5, 0.6) is 11.5 Å². The van der Waals surface area contributed by atoms with Gasteiger partial charge in [0.05, 0.1) is 6.61 Å². The maximum atomic E-state index is 11.8. The number of rotatable bonds is 11. The van der Waals surface area contributed by atoms with Crippen LogP contribution in [0, 0.1) is 0 Å². The Morgan fingerprint density at radius 1 is 0.815 bits per heavy atom. The molecule has 2 aromatic carbocycles. The Bertz CT molecular complexity index is 712. The first-order valence-electron chi connectivity index (χ1n) is 9.30. The predicted octanol–water partition coefficient (Wildman–Crippen LogP) is 5.04. The van der Waals surface area contributed by atoms with Gasteiger partial charge in [0.1, 0.15) is 18.1 Å². The van der Waals surface area contributed by atoms with Crippen molar-refractivity contribution in [3.05, 3.63) is 60.2 Å². The van der Waals surface area contributed by atoms with Crippen LogP contribution in [0.25, 0.3) is 0 Å². The molecule has 0 aromatic heterocycles. The maximum Gasteiger partial charge on any atom is 0.306 e. The molecule has 0 atom stereocenters. The fraction of sp³-hybridized carbons (Fsp3) is 0.364. The first-order valence-corrected chi connectivity index (χ1v) is 9.30. The molecule has 0 bridgehead atoms. The van der Waals surface area contributed by atoms with E-state index in [1.165, 1.54) is 0 Å². The molecule has 0 amide bonds. The molecule has 27 heavy (non-hydrogen) atoms. The van der Waals surface area contributed by atoms with Gasteiger partial charge in [-0.1, -0.05) is 37.3 Å². The smallest absolute Gasteiger partial charge is 0.306 e. The van der Waals surface area contributed by atoms with Crippen molar-refractivity contribution in [1.82, 2.24) is 0 Å². The van der Waals surface area contributed by atoms with E-state index in [9.17, 15) is 9.59 Å². The Hall–Kier alpha value is -2.82. The number of esters is 2. The third-order valence-corrected chi connectivity index (χ3v) is 3.76. The van der Waals surface area contributed by atoms with Crippen LogP contribution in [0.15, 0.2) is 54.6 Å². The SMILES string of the molecule is CCCOC(=O)CCCCC(=O)OCc1cccc(Oc2ccccc2)c1. The van der Waals surface area contributed by atoms with Crippen LogP contribution in [-0.2, 0) is 25.7 Å². The summed E-state index contributed by atoms with van der Waals surface area (Å²) in [5.41, 5.74) is 0.861. The van der Waals surface area contributed by atoms with Crippen molar-refractivity contribution >= 4 is 11.9 Å². The van der Waals surface area contributed by atoms with Gasteiger partial charge in [0.25, 0.3) is 0 Å². The van der Waals surface area contributed by atoms with Crippen LogP contribution in [-0.4, -0.2) is 18.5 Å². The van der Waals surface area contributed by atoms with Crippen molar-refractivity contribution in [3.63, 3.8) is 0 Å². The van der Waals surface area contributed by atoms with Gasteiger partial charge in [-0.15, -0.1) is 0 Å². The lowest BCUT2D eigenvalue weighted by molar-refractivity contribution is -0.146. The summed E-state index contributed by atoms with van der Waals surface area (Å²) in [6.45, 7) is 2.60. The van der Waals surface area contributed by atoms with Crippen molar-refractivity contribution in [2.45, 2.75) is 45.6 Å². The Balaban J connectivity index is 1.67. The minimum atomic E-state index is -0.272. The minimum Gasteiger partial charge on any atom is -0.466 e. The average Bonchev–Trinajstić information content (AvgIpc) is 2.69. The van der Waals surface area contributed by atoms with E-state index >= 15 is 0 Å². The zero-order valence-corrected chi connectivity index (χ0v) is 15.7. The summed E-state index contributed by atoms with van der Waals surface area (Å²) in [5, 5.41) is 0. The van der Waals surface area contributed by atoms with Gasteiger partial charge in [-0.05, 0) is 49.1 Å². The van der Waals surface area contributed by atoms with Crippen molar-refractivity contribution in [3.8, 4) is 11.5 Å². The molecule has 0 saturated carbocycles. The van der Waals surface area contributed by atoms with Crippen LogP contribution < -0.4 is 4.74 Å². The monoisotopic (exact) mass is 370 g/mol. The summed E-state index contributed by atoms with van der Waals surface area (Å²) >= 11 is 0. The third-order valence-electron chi connectivity index (χ3n) is 3.76. The Morgan fingerprint density at radius 3 is 2.19 bits per heavy atom. The molecule has 144 valence electrons. The number of carbonyl (C=O) groups excluding carboxylic acids is 2. The summed E-state index contributed by atoms with van der Waals surface area (Å²) < 4.78 is 16.1. The van der Waals surface area contributed by atoms with Gasteiger partial charge < -0.3 is 14.2 Å². The van der Waals surface area contributed by atoms with E-state index in [-0.39, 0.29) is 18.5 Å². The molecule has 0 aliphatic heterocycles. The number of carbonyl (C=O) groups is 2. The summed E-state index contributed by atoms with van der Waals surface area (Å²) in [7, 11) is 0. The molecule has 0 saturated heterocycles. The fourth-order valence-corrected chi connectivity index (χ4v) is 2.39. The molecule has 0 N–H and O–H groups in total. The van der Waals surface area contributed by atoms with E-state index in [4.69, 9.17) is 14.2 Å². The number of para-hydroxylation sites is 1. The van der Waals surface area contributed by atoms with Gasteiger partial charge >= 0.3 is 11.9 Å². The maximum absolute atomic E-state index is 11.8. The Kier molecular flexibility index (Phi) is 8.90. The van der Waals surface area contributed by atoms with Crippen molar-refractivity contribution in [2.24, 2.45) is 0 Å². The number of ether oxygens (including phenoxy) is 3. The lowest BCUT2D eigenvalue weighted by atomic mass is 10.2. The lowest BCUT2D eigenvalue weighted by Gasteiger charge is -2.08. The molecule has 0 fully saturated rings. The molecular formula is C22H26O5. The molecule has 0 spiro atoms. The second-order valence-electron chi connectivity index (χ2n) is 6.15. The largest absolute Gasteiger partial charge is 0.466 e. The van der Waals surface area contributed by atoms with Gasteiger partial charge in [0.2, 0.25) is 0 Å². The van der Waals surface area contributed by atoms with Gasteiger partial charge in [0.15, 0.2) is 0 Å². The van der Waals surface area contributed by atoms with Gasteiger partial charge in [-0.2, -0.15) is 0 Å².